The van der Waals surface area contributed by atoms with Crippen molar-refractivity contribution in [2.75, 3.05) is 0 Å². The fraction of sp³-hybridized carbons (Fsp3) is 0.400. The number of aliphatic hydroxyl groups excluding tert-OH is 1. The zero-order valence-corrected chi connectivity index (χ0v) is 18.7. The topological polar surface area (TPSA) is 86.5 Å². The van der Waals surface area contributed by atoms with Gasteiger partial charge in [-0.3, -0.25) is 4.79 Å². The van der Waals surface area contributed by atoms with Gasteiger partial charge in [-0.2, -0.15) is 13.2 Å². The Kier molecular flexibility index (Phi) is 6.20. The summed E-state index contributed by atoms with van der Waals surface area (Å²) in [4.78, 5) is 12.5. The largest absolute Gasteiger partial charge is 0.416 e. The molecule has 0 aliphatic carbocycles. The van der Waals surface area contributed by atoms with Crippen LogP contribution in [0.1, 0.15) is 52.5 Å². The van der Waals surface area contributed by atoms with Crippen molar-refractivity contribution in [3.63, 3.8) is 0 Å². The Morgan fingerprint density at radius 3 is 2.57 bits per heavy atom. The van der Waals surface area contributed by atoms with Crippen molar-refractivity contribution in [2.24, 2.45) is 0 Å². The molecule has 2 fully saturated rings. The molecule has 5 rings (SSSR count). The van der Waals surface area contributed by atoms with Gasteiger partial charge in [0.1, 0.15) is 24.4 Å². The number of ether oxygens (including phenoxy) is 2. The van der Waals surface area contributed by atoms with Crippen LogP contribution in [0.15, 0.2) is 60.8 Å². The van der Waals surface area contributed by atoms with Crippen molar-refractivity contribution in [3.8, 4) is 0 Å². The lowest BCUT2D eigenvalue weighted by Crippen LogP contribution is -2.41. The minimum absolute atomic E-state index is 0.0108. The highest BCUT2D eigenvalue weighted by molar-refractivity contribution is 5.95. The summed E-state index contributed by atoms with van der Waals surface area (Å²) >= 11 is 0. The average Bonchev–Trinajstić information content (AvgIpc) is 3.44. The summed E-state index contributed by atoms with van der Waals surface area (Å²) in [6, 6.07) is 13.9. The van der Waals surface area contributed by atoms with Crippen molar-refractivity contribution in [2.45, 2.75) is 62.5 Å². The van der Waals surface area contributed by atoms with Crippen LogP contribution >= 0.6 is 0 Å². The number of nitrogens with zero attached hydrogens (tertiary/aromatic N) is 3. The Bertz CT molecular complexity index is 1180. The molecular formula is C25H24F3N3O4. The first-order valence-corrected chi connectivity index (χ1v) is 11.4. The van der Waals surface area contributed by atoms with E-state index in [-0.39, 0.29) is 12.3 Å². The molecule has 0 radical (unpaired) electrons. The number of benzene rings is 2. The molecule has 184 valence electrons. The van der Waals surface area contributed by atoms with Gasteiger partial charge in [0, 0.05) is 18.4 Å². The maximum absolute atomic E-state index is 12.8. The molecule has 7 nitrogen and oxygen atoms in total. The number of carbonyl (C=O) groups excluding carboxylic acids is 1. The smallest absolute Gasteiger partial charge is 0.390 e. The van der Waals surface area contributed by atoms with E-state index in [0.29, 0.717) is 36.9 Å². The number of rotatable bonds is 7. The standard InChI is InChI=1S/C25H24F3N3O4/c26-25(27,28)18-8-6-16(7-9-18)10-12-24-13-11-20(32)23(35-24)22(34-24)19-14-31(30-29-19)15-21(33)17-4-2-1-3-5-17/h1-9,14,20,22-23,32H,10-13,15H2/t20-,22+,23-,24-/m0/s1. The third kappa shape index (κ3) is 5.00. The molecule has 0 spiro atoms. The molecule has 0 unspecified atom stereocenters. The van der Waals surface area contributed by atoms with Crippen LogP contribution in [-0.4, -0.2) is 43.9 Å². The summed E-state index contributed by atoms with van der Waals surface area (Å²) in [5.41, 5.74) is 1.06. The first kappa shape index (κ1) is 23.7. The summed E-state index contributed by atoms with van der Waals surface area (Å²) in [5.74, 6) is -1.08. The molecule has 4 atom stereocenters. The predicted molar refractivity (Wildman–Crippen MR) is 117 cm³/mol. The normalized spacial score (nSPS) is 26.1. The van der Waals surface area contributed by atoms with Gasteiger partial charge in [0.05, 0.1) is 17.9 Å². The Morgan fingerprint density at radius 1 is 1.11 bits per heavy atom. The van der Waals surface area contributed by atoms with E-state index in [0.717, 1.165) is 17.7 Å². The van der Waals surface area contributed by atoms with Gasteiger partial charge >= 0.3 is 6.18 Å². The van der Waals surface area contributed by atoms with Gasteiger partial charge in [-0.15, -0.1) is 5.10 Å². The number of aryl methyl sites for hydroxylation is 1. The number of ketones is 1. The first-order valence-electron chi connectivity index (χ1n) is 11.4. The van der Waals surface area contributed by atoms with Crippen LogP contribution in [-0.2, 0) is 28.6 Å². The molecule has 3 aromatic rings. The van der Waals surface area contributed by atoms with Crippen molar-refractivity contribution in [1.29, 1.82) is 0 Å². The maximum atomic E-state index is 12.8. The molecule has 2 bridgehead atoms. The van der Waals surface area contributed by atoms with E-state index in [1.54, 1.807) is 30.5 Å². The van der Waals surface area contributed by atoms with Crippen LogP contribution in [0.3, 0.4) is 0 Å². The lowest BCUT2D eigenvalue weighted by atomic mass is 9.94. The average molecular weight is 487 g/mol. The van der Waals surface area contributed by atoms with Gasteiger partial charge in [-0.25, -0.2) is 4.68 Å². The number of alkyl halides is 3. The van der Waals surface area contributed by atoms with Gasteiger partial charge < -0.3 is 14.6 Å². The van der Waals surface area contributed by atoms with Gasteiger partial charge in [0.25, 0.3) is 0 Å². The molecule has 3 heterocycles. The number of hydrogen-bond acceptors (Lipinski definition) is 6. The Labute approximate surface area is 199 Å². The number of aliphatic hydroxyl groups is 1. The molecule has 10 heteroatoms. The lowest BCUT2D eigenvalue weighted by molar-refractivity contribution is -0.214. The molecular weight excluding hydrogens is 463 g/mol. The maximum Gasteiger partial charge on any atom is 0.416 e. The summed E-state index contributed by atoms with van der Waals surface area (Å²) in [5, 5.41) is 18.7. The second-order valence-electron chi connectivity index (χ2n) is 8.96. The van der Waals surface area contributed by atoms with Crippen LogP contribution in [0, 0.1) is 0 Å². The molecule has 1 aromatic heterocycles. The quantitative estimate of drug-likeness (QED) is 0.505. The summed E-state index contributed by atoms with van der Waals surface area (Å²) in [7, 11) is 0. The number of hydrogen-bond donors (Lipinski definition) is 1. The van der Waals surface area contributed by atoms with Gasteiger partial charge in [-0.05, 0) is 30.5 Å². The fourth-order valence-corrected chi connectivity index (χ4v) is 4.62. The SMILES string of the molecule is O=C(Cn1cc([C@H]2O[C@]3(CCc4ccc(C(F)(F)F)cc4)CC[C@H](O)[C@@H]2O3)nn1)c1ccccc1. The highest BCUT2D eigenvalue weighted by Gasteiger charge is 2.54. The van der Waals surface area contributed by atoms with Crippen molar-refractivity contribution < 1.29 is 32.5 Å². The number of carbonyl (C=O) groups is 1. The minimum Gasteiger partial charge on any atom is -0.390 e. The van der Waals surface area contributed by atoms with Crippen LogP contribution in [0.25, 0.3) is 0 Å². The third-order valence-electron chi connectivity index (χ3n) is 6.52. The molecule has 2 aromatic carbocycles. The van der Waals surface area contributed by atoms with E-state index in [9.17, 15) is 23.1 Å². The number of Topliss-reactive ketones (excluding diaryl/α,β-unsaturated/α-hetero) is 1. The van der Waals surface area contributed by atoms with Gasteiger partial charge in [-0.1, -0.05) is 47.7 Å². The second kappa shape index (κ2) is 9.18. The zero-order chi connectivity index (χ0) is 24.6. The monoisotopic (exact) mass is 487 g/mol. The van der Waals surface area contributed by atoms with E-state index in [1.807, 2.05) is 6.07 Å². The first-order chi connectivity index (χ1) is 16.7. The Balaban J connectivity index is 1.26. The van der Waals surface area contributed by atoms with Crippen LogP contribution in [0.2, 0.25) is 0 Å². The van der Waals surface area contributed by atoms with Crippen LogP contribution in [0.4, 0.5) is 13.2 Å². The third-order valence-corrected chi connectivity index (χ3v) is 6.52. The summed E-state index contributed by atoms with van der Waals surface area (Å²) in [6.45, 7) is 0.0108. The Hall–Kier alpha value is -3.08. The minimum atomic E-state index is -4.38. The highest BCUT2D eigenvalue weighted by atomic mass is 19.4. The molecule has 0 saturated carbocycles. The molecule has 35 heavy (non-hydrogen) atoms. The number of fused-ring (bicyclic) bond motifs is 2. The summed E-state index contributed by atoms with van der Waals surface area (Å²) < 4.78 is 52.3. The van der Waals surface area contributed by atoms with Crippen molar-refractivity contribution in [1.82, 2.24) is 15.0 Å². The van der Waals surface area contributed by atoms with Crippen molar-refractivity contribution in [3.05, 3.63) is 83.2 Å². The predicted octanol–water partition coefficient (Wildman–Crippen LogP) is 4.12. The van der Waals surface area contributed by atoms with Crippen LogP contribution < -0.4 is 0 Å². The van der Waals surface area contributed by atoms with E-state index in [1.165, 1.54) is 16.8 Å². The van der Waals surface area contributed by atoms with E-state index < -0.39 is 35.8 Å². The highest BCUT2D eigenvalue weighted by Crippen LogP contribution is 2.48. The fourth-order valence-electron chi connectivity index (χ4n) is 4.62. The van der Waals surface area contributed by atoms with Crippen molar-refractivity contribution >= 4 is 5.78 Å². The van der Waals surface area contributed by atoms with Gasteiger partial charge in [0.15, 0.2) is 11.6 Å². The summed E-state index contributed by atoms with van der Waals surface area (Å²) in [6.07, 6.45) is -3.05. The van der Waals surface area contributed by atoms with Gasteiger partial charge in [0.2, 0.25) is 0 Å². The molecule has 0 amide bonds. The van der Waals surface area contributed by atoms with E-state index in [2.05, 4.69) is 10.3 Å². The van der Waals surface area contributed by atoms with E-state index >= 15 is 0 Å². The second-order valence-corrected chi connectivity index (χ2v) is 8.96. The zero-order valence-electron chi connectivity index (χ0n) is 18.7. The van der Waals surface area contributed by atoms with E-state index in [4.69, 9.17) is 9.47 Å². The molecule has 2 saturated heterocycles. The molecule has 1 N–H and O–H groups in total. The Morgan fingerprint density at radius 2 is 1.86 bits per heavy atom. The molecule has 2 aliphatic rings. The number of aromatic nitrogens is 3. The molecule has 2 aliphatic heterocycles. The van der Waals surface area contributed by atoms with Crippen LogP contribution in [0.5, 0.6) is 0 Å². The lowest BCUT2D eigenvalue weighted by Gasteiger charge is -2.33. The number of halogens is 3.